The van der Waals surface area contributed by atoms with Crippen LogP contribution >= 0.6 is 11.3 Å². The molecule has 1 aromatic rings. The molecular weight excluding hydrogens is 196 g/mol. The molecule has 0 radical (unpaired) electrons. The van der Waals surface area contributed by atoms with Gasteiger partial charge in [-0.3, -0.25) is 0 Å². The predicted molar refractivity (Wildman–Crippen MR) is 58.5 cm³/mol. The molecule has 0 aromatic carbocycles. The van der Waals surface area contributed by atoms with Crippen LogP contribution in [-0.2, 0) is 4.74 Å². The number of hydrogen-bond donors (Lipinski definition) is 1. The Hall–Kier alpha value is -0.610. The molecule has 1 atom stereocenters. The van der Waals surface area contributed by atoms with Gasteiger partial charge in [0.1, 0.15) is 6.10 Å². The Morgan fingerprint density at radius 2 is 2.36 bits per heavy atom. The lowest BCUT2D eigenvalue weighted by Gasteiger charge is -2.10. The minimum Gasteiger partial charge on any atom is -0.375 e. The third-order valence-corrected chi connectivity index (χ3v) is 3.66. The summed E-state index contributed by atoms with van der Waals surface area (Å²) in [6, 6.07) is 0. The van der Waals surface area contributed by atoms with Gasteiger partial charge in [-0.15, -0.1) is 11.3 Å². The van der Waals surface area contributed by atoms with Crippen molar-refractivity contribution >= 4 is 16.5 Å². The van der Waals surface area contributed by atoms with E-state index >= 15 is 0 Å². The maximum absolute atomic E-state index is 5.74. The number of nitrogens with two attached hydrogens (primary N) is 1. The molecule has 0 aliphatic carbocycles. The van der Waals surface area contributed by atoms with Gasteiger partial charge in [0, 0.05) is 11.5 Å². The number of nitrogen functional groups attached to an aromatic ring is 1. The van der Waals surface area contributed by atoms with E-state index in [0.717, 1.165) is 25.1 Å². The van der Waals surface area contributed by atoms with E-state index in [4.69, 9.17) is 10.5 Å². The van der Waals surface area contributed by atoms with Crippen LogP contribution in [0.15, 0.2) is 0 Å². The molecule has 1 unspecified atom stereocenters. The Morgan fingerprint density at radius 1 is 1.57 bits per heavy atom. The topological polar surface area (TPSA) is 48.1 Å². The molecule has 1 aromatic heterocycles. The smallest absolute Gasteiger partial charge is 0.180 e. The Morgan fingerprint density at radius 3 is 2.93 bits per heavy atom. The second-order valence-electron chi connectivity index (χ2n) is 3.96. The first-order valence-corrected chi connectivity index (χ1v) is 5.88. The Labute approximate surface area is 88.3 Å². The zero-order valence-electron chi connectivity index (χ0n) is 8.62. The quantitative estimate of drug-likeness (QED) is 0.820. The summed E-state index contributed by atoms with van der Waals surface area (Å²) in [5, 5.41) is 0.666. The van der Waals surface area contributed by atoms with Crippen LogP contribution in [0.3, 0.4) is 0 Å². The van der Waals surface area contributed by atoms with Crippen LogP contribution in [0.25, 0.3) is 0 Å². The van der Waals surface area contributed by atoms with E-state index in [2.05, 4.69) is 18.8 Å². The molecule has 1 saturated heterocycles. The molecule has 1 fully saturated rings. The second kappa shape index (κ2) is 3.87. The largest absolute Gasteiger partial charge is 0.375 e. The summed E-state index contributed by atoms with van der Waals surface area (Å²) < 4.78 is 5.63. The molecule has 2 N–H and O–H groups in total. The van der Waals surface area contributed by atoms with Gasteiger partial charge in [-0.25, -0.2) is 4.98 Å². The number of nitrogens with zero attached hydrogens (tertiary/aromatic N) is 1. The van der Waals surface area contributed by atoms with E-state index in [9.17, 15) is 0 Å². The first kappa shape index (κ1) is 9.93. The number of thiazole rings is 1. The Bertz CT molecular complexity index is 316. The molecule has 78 valence electrons. The monoisotopic (exact) mass is 212 g/mol. The standard InChI is InChI=1S/C10H16N2OS/c1-6(2)9-8(12-10(11)14-9)7-4-3-5-13-7/h6-7H,3-5H2,1-2H3,(H2,11,12). The maximum Gasteiger partial charge on any atom is 0.180 e. The van der Waals surface area contributed by atoms with Crippen LogP contribution in [0.5, 0.6) is 0 Å². The average Bonchev–Trinajstić information content (AvgIpc) is 2.70. The van der Waals surface area contributed by atoms with Crippen molar-refractivity contribution in [1.29, 1.82) is 0 Å². The van der Waals surface area contributed by atoms with Crippen molar-refractivity contribution < 1.29 is 4.74 Å². The normalized spacial score (nSPS) is 22.1. The number of ether oxygens (including phenoxy) is 1. The molecule has 0 saturated carbocycles. The summed E-state index contributed by atoms with van der Waals surface area (Å²) in [6.45, 7) is 5.20. The van der Waals surface area contributed by atoms with E-state index in [1.807, 2.05) is 0 Å². The summed E-state index contributed by atoms with van der Waals surface area (Å²) in [4.78, 5) is 5.67. The van der Waals surface area contributed by atoms with Gasteiger partial charge in [0.2, 0.25) is 0 Å². The van der Waals surface area contributed by atoms with E-state index < -0.39 is 0 Å². The van der Waals surface area contributed by atoms with Crippen LogP contribution in [0.2, 0.25) is 0 Å². The molecule has 0 spiro atoms. The van der Waals surface area contributed by atoms with Crippen LogP contribution in [0, 0.1) is 0 Å². The molecule has 14 heavy (non-hydrogen) atoms. The zero-order chi connectivity index (χ0) is 10.1. The molecule has 0 bridgehead atoms. The predicted octanol–water partition coefficient (Wildman–Crippen LogP) is 2.70. The van der Waals surface area contributed by atoms with Crippen LogP contribution < -0.4 is 5.73 Å². The van der Waals surface area contributed by atoms with Crippen molar-refractivity contribution in [2.45, 2.75) is 38.7 Å². The van der Waals surface area contributed by atoms with Gasteiger partial charge in [-0.2, -0.15) is 0 Å². The van der Waals surface area contributed by atoms with Crippen molar-refractivity contribution in [3.63, 3.8) is 0 Å². The molecule has 1 aliphatic rings. The van der Waals surface area contributed by atoms with E-state index in [1.54, 1.807) is 11.3 Å². The van der Waals surface area contributed by atoms with Crippen LogP contribution in [-0.4, -0.2) is 11.6 Å². The Kier molecular flexibility index (Phi) is 2.74. The van der Waals surface area contributed by atoms with Crippen LogP contribution in [0.4, 0.5) is 5.13 Å². The molecule has 0 amide bonds. The molecule has 4 heteroatoms. The molecule has 2 heterocycles. The van der Waals surface area contributed by atoms with E-state index in [-0.39, 0.29) is 6.10 Å². The number of hydrogen-bond acceptors (Lipinski definition) is 4. The van der Waals surface area contributed by atoms with Gasteiger partial charge in [0.25, 0.3) is 0 Å². The van der Waals surface area contributed by atoms with Gasteiger partial charge in [-0.1, -0.05) is 13.8 Å². The summed E-state index contributed by atoms with van der Waals surface area (Å²) in [5.74, 6) is 0.490. The highest BCUT2D eigenvalue weighted by Crippen LogP contribution is 2.37. The maximum atomic E-state index is 5.74. The summed E-state index contributed by atoms with van der Waals surface area (Å²) >= 11 is 1.60. The van der Waals surface area contributed by atoms with Gasteiger partial charge in [0.05, 0.1) is 5.69 Å². The molecule has 3 nitrogen and oxygen atoms in total. The number of rotatable bonds is 2. The van der Waals surface area contributed by atoms with Crippen LogP contribution in [0.1, 0.15) is 49.3 Å². The highest BCUT2D eigenvalue weighted by Gasteiger charge is 2.25. The van der Waals surface area contributed by atoms with Gasteiger partial charge in [-0.05, 0) is 18.8 Å². The lowest BCUT2D eigenvalue weighted by molar-refractivity contribution is 0.108. The number of anilines is 1. The summed E-state index contributed by atoms with van der Waals surface area (Å²) in [7, 11) is 0. The second-order valence-corrected chi connectivity index (χ2v) is 5.02. The van der Waals surface area contributed by atoms with Crippen molar-refractivity contribution in [3.05, 3.63) is 10.6 Å². The van der Waals surface area contributed by atoms with E-state index in [0.29, 0.717) is 11.0 Å². The van der Waals surface area contributed by atoms with Crippen molar-refractivity contribution in [2.24, 2.45) is 0 Å². The fraction of sp³-hybridized carbons (Fsp3) is 0.700. The fourth-order valence-corrected chi connectivity index (χ4v) is 2.69. The van der Waals surface area contributed by atoms with Crippen molar-refractivity contribution in [2.75, 3.05) is 12.3 Å². The van der Waals surface area contributed by atoms with Gasteiger partial charge >= 0.3 is 0 Å². The zero-order valence-corrected chi connectivity index (χ0v) is 9.43. The minimum absolute atomic E-state index is 0.195. The molecule has 2 rings (SSSR count). The first-order valence-electron chi connectivity index (χ1n) is 5.06. The van der Waals surface area contributed by atoms with Gasteiger partial charge in [0.15, 0.2) is 5.13 Å². The summed E-state index contributed by atoms with van der Waals surface area (Å²) in [6.07, 6.45) is 2.42. The summed E-state index contributed by atoms with van der Waals surface area (Å²) in [5.41, 5.74) is 6.82. The third-order valence-electron chi connectivity index (χ3n) is 2.46. The SMILES string of the molecule is CC(C)c1sc(N)nc1C1CCCO1. The van der Waals surface area contributed by atoms with Crippen molar-refractivity contribution in [3.8, 4) is 0 Å². The van der Waals surface area contributed by atoms with Crippen molar-refractivity contribution in [1.82, 2.24) is 4.98 Å². The number of aromatic nitrogens is 1. The first-order chi connectivity index (χ1) is 6.68. The molecular formula is C10H16N2OS. The van der Waals surface area contributed by atoms with E-state index in [1.165, 1.54) is 4.88 Å². The highest BCUT2D eigenvalue weighted by molar-refractivity contribution is 7.15. The van der Waals surface area contributed by atoms with Gasteiger partial charge < -0.3 is 10.5 Å². The molecule has 1 aliphatic heterocycles. The highest BCUT2D eigenvalue weighted by atomic mass is 32.1. The lowest BCUT2D eigenvalue weighted by Crippen LogP contribution is -2.01. The third kappa shape index (κ3) is 1.77. The average molecular weight is 212 g/mol. The minimum atomic E-state index is 0.195. The Balaban J connectivity index is 2.30. The fourth-order valence-electron chi connectivity index (χ4n) is 1.80. The lowest BCUT2D eigenvalue weighted by atomic mass is 10.1.